The summed E-state index contributed by atoms with van der Waals surface area (Å²) in [5.74, 6) is 0.714. The minimum atomic E-state index is -0.0938. The number of thioether (sulfide) groups is 1. The molecule has 8 heteroatoms. The predicted molar refractivity (Wildman–Crippen MR) is 83.8 cm³/mol. The van der Waals surface area contributed by atoms with Crippen LogP contribution in [0.2, 0.25) is 0 Å². The van der Waals surface area contributed by atoms with Crippen molar-refractivity contribution in [1.29, 1.82) is 0 Å². The van der Waals surface area contributed by atoms with Gasteiger partial charge in [-0.2, -0.15) is 0 Å². The Bertz CT molecular complexity index is 341. The summed E-state index contributed by atoms with van der Waals surface area (Å²) in [6.45, 7) is 2.44. The lowest BCUT2D eigenvalue weighted by molar-refractivity contribution is -0.118. The number of urea groups is 1. The summed E-state index contributed by atoms with van der Waals surface area (Å²) in [6, 6.07) is -0.0671. The third-order valence-corrected chi connectivity index (χ3v) is 4.36. The number of alkyl halides is 1. The molecule has 1 heterocycles. The number of nitrogens with zero attached hydrogens (tertiary/aromatic N) is 1. The minimum Gasteiger partial charge on any atom is -0.354 e. The first-order valence-corrected chi connectivity index (χ1v) is 8.76. The monoisotopic (exact) mass is 399 g/mol. The zero-order valence-electron chi connectivity index (χ0n) is 10.6. The van der Waals surface area contributed by atoms with Gasteiger partial charge in [-0.15, -0.1) is 11.8 Å². The van der Waals surface area contributed by atoms with Crippen LogP contribution in [0.4, 0.5) is 4.79 Å². The molecule has 0 aliphatic carbocycles. The zero-order chi connectivity index (χ0) is 14.1. The van der Waals surface area contributed by atoms with Gasteiger partial charge in [0.15, 0.2) is 5.78 Å². The van der Waals surface area contributed by atoms with E-state index in [1.807, 2.05) is 22.6 Å². The van der Waals surface area contributed by atoms with Crippen LogP contribution in [0.15, 0.2) is 0 Å². The standard InChI is InChI=1S/C11H18IN3O3S/c12-6-9(16)7-19-8-10(17)13-3-5-15-4-1-2-14-11(15)18/h1-8H2,(H,13,17)(H,14,18). The average Bonchev–Trinajstić information content (AvgIpc) is 2.40. The van der Waals surface area contributed by atoms with Gasteiger partial charge >= 0.3 is 6.03 Å². The molecule has 0 unspecified atom stereocenters. The van der Waals surface area contributed by atoms with Gasteiger partial charge in [-0.05, 0) is 6.42 Å². The summed E-state index contributed by atoms with van der Waals surface area (Å²) in [7, 11) is 0. The van der Waals surface area contributed by atoms with E-state index in [-0.39, 0.29) is 23.5 Å². The van der Waals surface area contributed by atoms with Gasteiger partial charge in [0, 0.05) is 26.2 Å². The highest BCUT2D eigenvalue weighted by Gasteiger charge is 2.16. The number of hydrogen-bond acceptors (Lipinski definition) is 4. The summed E-state index contributed by atoms with van der Waals surface area (Å²) in [5.41, 5.74) is 0. The van der Waals surface area contributed by atoms with Crippen molar-refractivity contribution in [3.63, 3.8) is 0 Å². The van der Waals surface area contributed by atoms with Crippen LogP contribution >= 0.6 is 34.4 Å². The molecule has 1 fully saturated rings. The topological polar surface area (TPSA) is 78.5 Å². The Kier molecular flexibility index (Phi) is 8.19. The van der Waals surface area contributed by atoms with Gasteiger partial charge in [0.25, 0.3) is 0 Å². The number of nitrogens with one attached hydrogen (secondary N) is 2. The Hall–Kier alpha value is -0.510. The van der Waals surface area contributed by atoms with Crippen molar-refractivity contribution in [1.82, 2.24) is 15.5 Å². The van der Waals surface area contributed by atoms with Crippen molar-refractivity contribution >= 4 is 52.1 Å². The lowest BCUT2D eigenvalue weighted by Crippen LogP contribution is -2.49. The van der Waals surface area contributed by atoms with Crippen LogP contribution in [0.25, 0.3) is 0 Å². The predicted octanol–water partition coefficient (Wildman–Crippen LogP) is 0.255. The third kappa shape index (κ3) is 7.00. The largest absolute Gasteiger partial charge is 0.354 e. The van der Waals surface area contributed by atoms with Crippen LogP contribution in [0.3, 0.4) is 0 Å². The summed E-state index contributed by atoms with van der Waals surface area (Å²) >= 11 is 3.33. The number of halogens is 1. The summed E-state index contributed by atoms with van der Waals surface area (Å²) in [4.78, 5) is 35.6. The Labute approximate surface area is 130 Å². The van der Waals surface area contributed by atoms with Gasteiger partial charge in [-0.1, -0.05) is 22.6 Å². The molecule has 0 saturated carbocycles. The highest BCUT2D eigenvalue weighted by atomic mass is 127. The van der Waals surface area contributed by atoms with Crippen LogP contribution in [0.5, 0.6) is 0 Å². The zero-order valence-corrected chi connectivity index (χ0v) is 13.6. The maximum Gasteiger partial charge on any atom is 0.317 e. The summed E-state index contributed by atoms with van der Waals surface area (Å²) < 4.78 is 0.483. The van der Waals surface area contributed by atoms with Crippen LogP contribution in [0, 0.1) is 0 Å². The Morgan fingerprint density at radius 3 is 2.89 bits per heavy atom. The van der Waals surface area contributed by atoms with E-state index in [4.69, 9.17) is 0 Å². The van der Waals surface area contributed by atoms with Crippen molar-refractivity contribution in [2.75, 3.05) is 42.1 Å². The second kappa shape index (κ2) is 9.40. The van der Waals surface area contributed by atoms with Crippen molar-refractivity contribution in [2.45, 2.75) is 6.42 Å². The molecule has 0 spiro atoms. The molecule has 0 aromatic rings. The van der Waals surface area contributed by atoms with Gasteiger partial charge in [0.1, 0.15) is 0 Å². The molecule has 0 aromatic heterocycles. The van der Waals surface area contributed by atoms with Crippen LogP contribution in [-0.2, 0) is 9.59 Å². The van der Waals surface area contributed by atoms with Crippen molar-refractivity contribution in [3.8, 4) is 0 Å². The maximum absolute atomic E-state index is 11.5. The fourth-order valence-electron chi connectivity index (χ4n) is 1.57. The fraction of sp³-hybridized carbons (Fsp3) is 0.727. The molecule has 0 bridgehead atoms. The molecule has 0 aromatic carbocycles. The molecule has 3 amide bonds. The molecule has 0 radical (unpaired) electrons. The summed E-state index contributed by atoms with van der Waals surface area (Å²) in [5, 5.41) is 5.50. The van der Waals surface area contributed by atoms with Crippen molar-refractivity contribution in [3.05, 3.63) is 0 Å². The fourth-order valence-corrected chi connectivity index (χ4v) is 2.92. The van der Waals surface area contributed by atoms with Crippen LogP contribution < -0.4 is 10.6 Å². The lowest BCUT2D eigenvalue weighted by atomic mass is 10.3. The number of Topliss-reactive ketones (excluding diaryl/α,β-unsaturated/α-hetero) is 1. The highest BCUT2D eigenvalue weighted by Crippen LogP contribution is 2.01. The van der Waals surface area contributed by atoms with Gasteiger partial charge in [-0.3, -0.25) is 9.59 Å². The molecular weight excluding hydrogens is 381 g/mol. The van der Waals surface area contributed by atoms with Crippen LogP contribution in [-0.4, -0.2) is 64.7 Å². The number of ketones is 1. The molecule has 1 rings (SSSR count). The van der Waals surface area contributed by atoms with Gasteiger partial charge in [0.05, 0.1) is 15.9 Å². The van der Waals surface area contributed by atoms with E-state index < -0.39 is 0 Å². The third-order valence-electron chi connectivity index (χ3n) is 2.52. The first-order chi connectivity index (χ1) is 9.13. The average molecular weight is 399 g/mol. The minimum absolute atomic E-state index is 0.0671. The highest BCUT2D eigenvalue weighted by molar-refractivity contribution is 14.1. The smallest absolute Gasteiger partial charge is 0.317 e. The van der Waals surface area contributed by atoms with E-state index in [1.165, 1.54) is 11.8 Å². The number of rotatable bonds is 8. The Balaban J connectivity index is 2.06. The number of amides is 3. The molecular formula is C11H18IN3O3S. The molecule has 1 aliphatic heterocycles. The van der Waals surface area contributed by atoms with Gasteiger partial charge in [-0.25, -0.2) is 4.79 Å². The number of carbonyl (C=O) groups excluding carboxylic acids is 3. The van der Waals surface area contributed by atoms with Crippen LogP contribution in [0.1, 0.15) is 6.42 Å². The SMILES string of the molecule is O=C(CI)CSCC(=O)NCCN1CCCNC1=O. The molecule has 2 N–H and O–H groups in total. The van der Waals surface area contributed by atoms with E-state index >= 15 is 0 Å². The Morgan fingerprint density at radius 2 is 2.21 bits per heavy atom. The summed E-state index contributed by atoms with van der Waals surface area (Å²) in [6.07, 6.45) is 0.938. The lowest BCUT2D eigenvalue weighted by Gasteiger charge is -2.27. The van der Waals surface area contributed by atoms with E-state index in [0.717, 1.165) is 19.5 Å². The normalized spacial score (nSPS) is 15.0. The maximum atomic E-state index is 11.5. The van der Waals surface area contributed by atoms with E-state index in [9.17, 15) is 14.4 Å². The van der Waals surface area contributed by atoms with Crippen molar-refractivity contribution < 1.29 is 14.4 Å². The molecule has 108 valence electrons. The van der Waals surface area contributed by atoms with Gasteiger partial charge < -0.3 is 15.5 Å². The van der Waals surface area contributed by atoms with E-state index in [0.29, 0.717) is 23.3 Å². The molecule has 1 saturated heterocycles. The van der Waals surface area contributed by atoms with E-state index in [2.05, 4.69) is 10.6 Å². The second-order valence-electron chi connectivity index (χ2n) is 4.09. The number of hydrogen-bond donors (Lipinski definition) is 2. The molecule has 19 heavy (non-hydrogen) atoms. The molecule has 6 nitrogen and oxygen atoms in total. The van der Waals surface area contributed by atoms with Crippen molar-refractivity contribution in [2.24, 2.45) is 0 Å². The Morgan fingerprint density at radius 1 is 1.42 bits per heavy atom. The van der Waals surface area contributed by atoms with E-state index in [1.54, 1.807) is 4.90 Å². The molecule has 0 atom stereocenters. The second-order valence-corrected chi connectivity index (χ2v) is 5.84. The number of carbonyl (C=O) groups is 3. The quantitative estimate of drug-likeness (QED) is 0.453. The first kappa shape index (κ1) is 16.5. The molecule has 1 aliphatic rings. The van der Waals surface area contributed by atoms with Gasteiger partial charge in [0.2, 0.25) is 5.91 Å². The first-order valence-electron chi connectivity index (χ1n) is 6.08.